The number of anilines is 2. The molecule has 3 N–H and O–H groups in total. The van der Waals surface area contributed by atoms with Crippen molar-refractivity contribution in [1.29, 1.82) is 0 Å². The molecule has 0 atom stereocenters. The third-order valence-corrected chi connectivity index (χ3v) is 4.87. The monoisotopic (exact) mass is 319 g/mol. The topological polar surface area (TPSA) is 111 Å². The summed E-state index contributed by atoms with van der Waals surface area (Å²) in [5, 5.41) is 8.58. The smallest absolute Gasteiger partial charge is 0.265 e. The molecule has 0 aliphatic carbocycles. The zero-order valence-corrected chi connectivity index (χ0v) is 12.2. The van der Waals surface area contributed by atoms with Crippen LogP contribution in [0, 0.1) is 0 Å². The molecule has 0 unspecified atom stereocenters. The fraction of sp³-hybridized carbons (Fsp3) is 0.222. The van der Waals surface area contributed by atoms with Crippen LogP contribution in [0.4, 0.5) is 10.9 Å². The Bertz CT molecular complexity index is 700. The lowest BCUT2D eigenvalue weighted by molar-refractivity contribution is 0.600. The number of aromatic nitrogens is 3. The van der Waals surface area contributed by atoms with Crippen molar-refractivity contribution >= 4 is 43.9 Å². The Hall–Kier alpha value is -1.45. The van der Waals surface area contributed by atoms with Gasteiger partial charge in [0.15, 0.2) is 0 Å². The van der Waals surface area contributed by atoms with Crippen LogP contribution in [0.3, 0.4) is 0 Å². The standard InChI is InChI=1S/C9H10ClN5O2S2/c1-2-7-13-14-9(18-7)15-19(16,17)5-3-6(10)8(11)12-4-5/h3-4H,2H2,1H3,(H2,11,12)(H,14,15). The molecule has 2 rings (SSSR count). The Morgan fingerprint density at radius 3 is 2.79 bits per heavy atom. The normalized spacial score (nSPS) is 11.5. The first-order valence-corrected chi connectivity index (χ1v) is 7.86. The zero-order chi connectivity index (χ0) is 14.0. The summed E-state index contributed by atoms with van der Waals surface area (Å²) >= 11 is 6.92. The van der Waals surface area contributed by atoms with E-state index in [1.54, 1.807) is 0 Å². The number of sulfonamides is 1. The zero-order valence-electron chi connectivity index (χ0n) is 9.79. The molecule has 0 radical (unpaired) electrons. The van der Waals surface area contributed by atoms with E-state index in [-0.39, 0.29) is 20.9 Å². The summed E-state index contributed by atoms with van der Waals surface area (Å²) in [6.07, 6.45) is 1.82. The molecular formula is C9H10ClN5O2S2. The maximum atomic E-state index is 12.1. The molecule has 0 saturated heterocycles. The quantitative estimate of drug-likeness (QED) is 0.884. The Morgan fingerprint density at radius 2 is 2.21 bits per heavy atom. The Labute approximate surface area is 118 Å². The van der Waals surface area contributed by atoms with Crippen molar-refractivity contribution < 1.29 is 8.42 Å². The third kappa shape index (κ3) is 3.11. The molecule has 102 valence electrons. The fourth-order valence-corrected chi connectivity index (χ4v) is 3.30. The molecule has 0 aliphatic rings. The van der Waals surface area contributed by atoms with E-state index in [0.29, 0.717) is 6.42 Å². The van der Waals surface area contributed by atoms with Gasteiger partial charge in [-0.2, -0.15) is 0 Å². The highest BCUT2D eigenvalue weighted by atomic mass is 35.5. The van der Waals surface area contributed by atoms with Gasteiger partial charge in [0.05, 0.1) is 5.02 Å². The number of nitrogen functional groups attached to an aromatic ring is 1. The highest BCUT2D eigenvalue weighted by molar-refractivity contribution is 7.93. The molecule has 0 aliphatic heterocycles. The van der Waals surface area contributed by atoms with Crippen molar-refractivity contribution in [2.24, 2.45) is 0 Å². The predicted molar refractivity (Wildman–Crippen MR) is 73.8 cm³/mol. The molecular weight excluding hydrogens is 310 g/mol. The number of pyridine rings is 1. The molecule has 0 saturated carbocycles. The highest BCUT2D eigenvalue weighted by Crippen LogP contribution is 2.23. The molecule has 2 aromatic heterocycles. The van der Waals surface area contributed by atoms with E-state index in [1.807, 2.05) is 6.92 Å². The number of halogens is 1. The van der Waals surface area contributed by atoms with Gasteiger partial charge in [-0.05, 0) is 12.5 Å². The molecule has 0 amide bonds. The predicted octanol–water partition coefficient (Wildman–Crippen LogP) is 1.53. The number of aryl methyl sites for hydroxylation is 1. The maximum absolute atomic E-state index is 12.1. The molecule has 2 aromatic rings. The molecule has 0 fully saturated rings. The number of hydrogen-bond donors (Lipinski definition) is 2. The van der Waals surface area contributed by atoms with E-state index in [0.717, 1.165) is 11.2 Å². The van der Waals surface area contributed by atoms with Crippen LogP contribution in [0.25, 0.3) is 0 Å². The van der Waals surface area contributed by atoms with E-state index < -0.39 is 10.0 Å². The SMILES string of the molecule is CCc1nnc(NS(=O)(=O)c2cnc(N)c(Cl)c2)s1. The van der Waals surface area contributed by atoms with E-state index in [9.17, 15) is 8.42 Å². The number of rotatable bonds is 4. The highest BCUT2D eigenvalue weighted by Gasteiger charge is 2.18. The molecule has 2 heterocycles. The van der Waals surface area contributed by atoms with Gasteiger partial charge in [0.2, 0.25) is 5.13 Å². The van der Waals surface area contributed by atoms with E-state index in [1.165, 1.54) is 17.4 Å². The summed E-state index contributed by atoms with van der Waals surface area (Å²) in [5.41, 5.74) is 5.43. The summed E-state index contributed by atoms with van der Waals surface area (Å²) < 4.78 is 26.4. The van der Waals surface area contributed by atoms with Crippen LogP contribution >= 0.6 is 22.9 Å². The summed E-state index contributed by atoms with van der Waals surface area (Å²) in [7, 11) is -3.79. The molecule has 0 spiro atoms. The van der Waals surface area contributed by atoms with Crippen LogP contribution in [-0.4, -0.2) is 23.6 Å². The average molecular weight is 320 g/mol. The first kappa shape index (κ1) is 14.0. The second-order valence-corrected chi connectivity index (χ2v) is 6.65. The fourth-order valence-electron chi connectivity index (χ4n) is 1.19. The molecule has 19 heavy (non-hydrogen) atoms. The van der Waals surface area contributed by atoms with Gasteiger partial charge in [0, 0.05) is 6.20 Å². The van der Waals surface area contributed by atoms with Crippen LogP contribution < -0.4 is 10.5 Å². The number of nitrogens with one attached hydrogen (secondary N) is 1. The van der Waals surface area contributed by atoms with Crippen LogP contribution in [0.15, 0.2) is 17.2 Å². The van der Waals surface area contributed by atoms with Gasteiger partial charge in [0.25, 0.3) is 10.0 Å². The Morgan fingerprint density at radius 1 is 1.47 bits per heavy atom. The number of nitrogens with zero attached hydrogens (tertiary/aromatic N) is 3. The minimum atomic E-state index is -3.79. The van der Waals surface area contributed by atoms with Gasteiger partial charge < -0.3 is 5.73 Å². The van der Waals surface area contributed by atoms with Crippen molar-refractivity contribution in [2.75, 3.05) is 10.5 Å². The van der Waals surface area contributed by atoms with E-state index in [2.05, 4.69) is 19.9 Å². The van der Waals surface area contributed by atoms with Crippen LogP contribution in [-0.2, 0) is 16.4 Å². The van der Waals surface area contributed by atoms with Crippen molar-refractivity contribution in [1.82, 2.24) is 15.2 Å². The maximum Gasteiger partial charge on any atom is 0.265 e. The van der Waals surface area contributed by atoms with E-state index in [4.69, 9.17) is 17.3 Å². The van der Waals surface area contributed by atoms with Crippen molar-refractivity contribution in [2.45, 2.75) is 18.2 Å². The first-order valence-electron chi connectivity index (χ1n) is 5.18. The summed E-state index contributed by atoms with van der Waals surface area (Å²) in [6.45, 7) is 1.91. The Balaban J connectivity index is 2.29. The van der Waals surface area contributed by atoms with Crippen LogP contribution in [0.1, 0.15) is 11.9 Å². The second kappa shape index (κ2) is 5.27. The summed E-state index contributed by atoms with van der Waals surface area (Å²) in [5.74, 6) is 0.0739. The summed E-state index contributed by atoms with van der Waals surface area (Å²) in [4.78, 5) is 3.62. The lowest BCUT2D eigenvalue weighted by Gasteiger charge is -2.05. The van der Waals surface area contributed by atoms with Crippen molar-refractivity contribution in [3.63, 3.8) is 0 Å². The second-order valence-electron chi connectivity index (χ2n) is 3.50. The van der Waals surface area contributed by atoms with Crippen molar-refractivity contribution in [3.8, 4) is 0 Å². The first-order chi connectivity index (χ1) is 8.92. The largest absolute Gasteiger partial charge is 0.382 e. The lowest BCUT2D eigenvalue weighted by atomic mass is 10.5. The van der Waals surface area contributed by atoms with Gasteiger partial charge in [0.1, 0.15) is 15.7 Å². The molecule has 7 nitrogen and oxygen atoms in total. The van der Waals surface area contributed by atoms with Gasteiger partial charge in [-0.3, -0.25) is 4.72 Å². The third-order valence-electron chi connectivity index (χ3n) is 2.15. The Kier molecular flexibility index (Phi) is 3.88. The lowest BCUT2D eigenvalue weighted by Crippen LogP contribution is -2.13. The van der Waals surface area contributed by atoms with Crippen molar-refractivity contribution in [3.05, 3.63) is 22.3 Å². The number of nitrogens with two attached hydrogens (primary N) is 1. The minimum absolute atomic E-state index is 0.0739. The average Bonchev–Trinajstić information content (AvgIpc) is 2.79. The summed E-state index contributed by atoms with van der Waals surface area (Å²) in [6, 6.07) is 1.23. The van der Waals surface area contributed by atoms with E-state index >= 15 is 0 Å². The van der Waals surface area contributed by atoms with Crippen LogP contribution in [0.5, 0.6) is 0 Å². The molecule has 10 heteroatoms. The van der Waals surface area contributed by atoms with Gasteiger partial charge in [-0.1, -0.05) is 29.9 Å². The van der Waals surface area contributed by atoms with Crippen LogP contribution in [0.2, 0.25) is 5.02 Å². The van der Waals surface area contributed by atoms with Gasteiger partial charge in [-0.15, -0.1) is 10.2 Å². The van der Waals surface area contributed by atoms with Gasteiger partial charge >= 0.3 is 0 Å². The van der Waals surface area contributed by atoms with Gasteiger partial charge in [-0.25, -0.2) is 13.4 Å². The molecule has 0 aromatic carbocycles. The number of hydrogen-bond acceptors (Lipinski definition) is 7. The molecule has 0 bridgehead atoms. The minimum Gasteiger partial charge on any atom is -0.382 e.